The van der Waals surface area contributed by atoms with Gasteiger partial charge in [-0.1, -0.05) is 85.8 Å². The Kier molecular flexibility index (Phi) is 6.51. The molecule has 3 unspecified atom stereocenters. The molecule has 5 heteroatoms. The minimum atomic E-state index is -1.27. The average Bonchev–Trinajstić information content (AvgIpc) is 3.45. The molecular formula is C30H34N2O2S. The molecule has 0 bridgehead atoms. The number of nitrogens with zero attached hydrogens (tertiary/aromatic N) is 1. The predicted octanol–water partition coefficient (Wildman–Crippen LogP) is 4.29. The molecule has 0 saturated carbocycles. The van der Waals surface area contributed by atoms with Crippen molar-refractivity contribution in [2.45, 2.75) is 36.5 Å². The molecule has 1 aliphatic carbocycles. The highest BCUT2D eigenvalue weighted by Gasteiger charge is 2.50. The van der Waals surface area contributed by atoms with E-state index in [9.17, 15) is 9.90 Å². The molecule has 3 atom stereocenters. The van der Waals surface area contributed by atoms with Gasteiger partial charge in [-0.05, 0) is 65.5 Å². The fourth-order valence-electron chi connectivity index (χ4n) is 6.35. The lowest BCUT2D eigenvalue weighted by Crippen LogP contribution is -2.49. The maximum Gasteiger partial charge on any atom is 0.232 e. The van der Waals surface area contributed by atoms with Gasteiger partial charge in [-0.15, -0.1) is 12.6 Å². The van der Waals surface area contributed by atoms with Crippen LogP contribution in [0.2, 0.25) is 0 Å². The summed E-state index contributed by atoms with van der Waals surface area (Å²) in [4.78, 5) is 14.2. The van der Waals surface area contributed by atoms with Crippen molar-refractivity contribution in [2.24, 2.45) is 17.6 Å². The van der Waals surface area contributed by atoms with Crippen LogP contribution in [0.3, 0.4) is 0 Å². The molecule has 182 valence electrons. The lowest BCUT2D eigenvalue weighted by Gasteiger charge is -2.38. The number of primary amides is 1. The predicted molar refractivity (Wildman–Crippen MR) is 143 cm³/mol. The second-order valence-electron chi connectivity index (χ2n) is 10.4. The van der Waals surface area contributed by atoms with Gasteiger partial charge in [0.15, 0.2) is 0 Å². The Morgan fingerprint density at radius 2 is 1.57 bits per heavy atom. The first-order chi connectivity index (χ1) is 16.8. The summed E-state index contributed by atoms with van der Waals surface area (Å²) in [6, 6.07) is 26.1. The van der Waals surface area contributed by atoms with Crippen LogP contribution in [0.25, 0.3) is 0 Å². The van der Waals surface area contributed by atoms with Gasteiger partial charge in [-0.3, -0.25) is 9.69 Å². The van der Waals surface area contributed by atoms with Crippen LogP contribution in [0.4, 0.5) is 0 Å². The number of hydrogen-bond donors (Lipinski definition) is 3. The van der Waals surface area contributed by atoms with E-state index in [2.05, 4.69) is 24.0 Å². The first-order valence-corrected chi connectivity index (χ1v) is 13.0. The second-order valence-corrected chi connectivity index (χ2v) is 11.2. The van der Waals surface area contributed by atoms with Gasteiger partial charge in [0.1, 0.15) is 10.3 Å². The largest absolute Gasteiger partial charge is 0.374 e. The normalized spacial score (nSPS) is 22.0. The van der Waals surface area contributed by atoms with Crippen LogP contribution in [0.1, 0.15) is 41.2 Å². The van der Waals surface area contributed by atoms with Crippen LogP contribution >= 0.6 is 12.6 Å². The smallest absolute Gasteiger partial charge is 0.232 e. The van der Waals surface area contributed by atoms with Crippen LogP contribution in [0.15, 0.2) is 78.9 Å². The number of benzene rings is 3. The van der Waals surface area contributed by atoms with E-state index in [0.29, 0.717) is 19.0 Å². The van der Waals surface area contributed by atoms with Gasteiger partial charge in [0.25, 0.3) is 0 Å². The molecule has 1 amide bonds. The SMILES string of the molecule is CC1Cc2ccc(C(O)(S)CN3CCC(C(C(N)=O)(c4ccccc4)c4ccccc4)C3)cc2C1. The fraction of sp³-hybridized carbons (Fsp3) is 0.367. The molecule has 5 rings (SSSR count). The number of thiol groups is 1. The number of likely N-dealkylation sites (tertiary alicyclic amines) is 1. The Morgan fingerprint density at radius 1 is 0.971 bits per heavy atom. The van der Waals surface area contributed by atoms with Crippen molar-refractivity contribution < 1.29 is 9.90 Å². The molecular weight excluding hydrogens is 452 g/mol. The van der Waals surface area contributed by atoms with Gasteiger partial charge in [0.05, 0.1) is 0 Å². The van der Waals surface area contributed by atoms with Crippen LogP contribution in [-0.2, 0) is 28.0 Å². The van der Waals surface area contributed by atoms with Crippen molar-refractivity contribution in [1.29, 1.82) is 0 Å². The highest BCUT2D eigenvalue weighted by molar-refractivity contribution is 7.81. The summed E-state index contributed by atoms with van der Waals surface area (Å²) in [5.41, 5.74) is 10.7. The van der Waals surface area contributed by atoms with Crippen molar-refractivity contribution in [3.63, 3.8) is 0 Å². The van der Waals surface area contributed by atoms with Crippen molar-refractivity contribution in [3.8, 4) is 0 Å². The van der Waals surface area contributed by atoms with Crippen molar-refractivity contribution in [2.75, 3.05) is 19.6 Å². The molecule has 1 saturated heterocycles. The zero-order valence-electron chi connectivity index (χ0n) is 20.2. The van der Waals surface area contributed by atoms with Crippen molar-refractivity contribution >= 4 is 18.5 Å². The third kappa shape index (κ3) is 4.42. The number of nitrogens with two attached hydrogens (primary N) is 1. The summed E-state index contributed by atoms with van der Waals surface area (Å²) in [6.45, 7) is 4.07. The van der Waals surface area contributed by atoms with Crippen LogP contribution in [0.5, 0.6) is 0 Å². The molecule has 3 aromatic rings. The minimum Gasteiger partial charge on any atom is -0.374 e. The summed E-state index contributed by atoms with van der Waals surface area (Å²) < 4.78 is 0. The fourth-order valence-corrected chi connectivity index (χ4v) is 6.68. The molecule has 35 heavy (non-hydrogen) atoms. The molecule has 1 aliphatic heterocycles. The van der Waals surface area contributed by atoms with Crippen LogP contribution < -0.4 is 5.73 Å². The zero-order valence-corrected chi connectivity index (χ0v) is 21.1. The summed E-state index contributed by atoms with van der Waals surface area (Å²) in [7, 11) is 0. The molecule has 4 nitrogen and oxygen atoms in total. The quantitative estimate of drug-likeness (QED) is 0.345. The Balaban J connectivity index is 1.42. The van der Waals surface area contributed by atoms with Gasteiger partial charge in [-0.2, -0.15) is 0 Å². The van der Waals surface area contributed by atoms with E-state index in [4.69, 9.17) is 18.4 Å². The van der Waals surface area contributed by atoms with Gasteiger partial charge < -0.3 is 10.8 Å². The molecule has 0 spiro atoms. The molecule has 0 aromatic heterocycles. The van der Waals surface area contributed by atoms with E-state index in [1.54, 1.807) is 0 Å². The monoisotopic (exact) mass is 486 g/mol. The molecule has 1 heterocycles. The second kappa shape index (κ2) is 9.45. The third-order valence-electron chi connectivity index (χ3n) is 7.98. The van der Waals surface area contributed by atoms with E-state index in [1.807, 2.05) is 66.7 Å². The highest BCUT2D eigenvalue weighted by atomic mass is 32.1. The number of carbonyl (C=O) groups is 1. The summed E-state index contributed by atoms with van der Waals surface area (Å²) in [6.07, 6.45) is 2.95. The summed E-state index contributed by atoms with van der Waals surface area (Å²) in [5, 5.41) is 11.4. The topological polar surface area (TPSA) is 66.6 Å². The maximum atomic E-state index is 13.3. The lowest BCUT2D eigenvalue weighted by atomic mass is 9.64. The Labute approximate surface area is 213 Å². The Morgan fingerprint density at radius 3 is 2.17 bits per heavy atom. The van der Waals surface area contributed by atoms with Gasteiger partial charge in [0, 0.05) is 13.1 Å². The van der Waals surface area contributed by atoms with Crippen LogP contribution in [0, 0.1) is 11.8 Å². The van der Waals surface area contributed by atoms with E-state index in [1.165, 1.54) is 11.1 Å². The number of hydrogen-bond acceptors (Lipinski definition) is 4. The summed E-state index contributed by atoms with van der Waals surface area (Å²) in [5.74, 6) is 0.288. The number of aliphatic hydroxyl groups is 1. The number of amides is 1. The first-order valence-electron chi connectivity index (χ1n) is 12.5. The molecule has 0 radical (unpaired) electrons. The molecule has 3 aromatic carbocycles. The number of fused-ring (bicyclic) bond motifs is 1. The van der Waals surface area contributed by atoms with Crippen molar-refractivity contribution in [1.82, 2.24) is 4.90 Å². The Hall–Kier alpha value is -2.60. The van der Waals surface area contributed by atoms with Crippen molar-refractivity contribution in [3.05, 3.63) is 107 Å². The molecule has 1 fully saturated rings. The lowest BCUT2D eigenvalue weighted by molar-refractivity contribution is -0.123. The number of carbonyl (C=O) groups excluding carboxylic acids is 1. The molecule has 2 aliphatic rings. The standard InChI is InChI=1S/C30H34N2O2S/c1-21-16-22-12-13-26(18-23(22)17-21)29(34,35)20-32-15-14-27(19-32)30(28(31)33,24-8-4-2-5-9-24)25-10-6-3-7-11-25/h2-13,18,21,27,34-35H,14-17,19-20H2,1H3,(H2,31,33). The maximum absolute atomic E-state index is 13.3. The molecule has 3 N–H and O–H groups in total. The minimum absolute atomic E-state index is 0.0187. The third-order valence-corrected chi connectivity index (χ3v) is 8.38. The highest BCUT2D eigenvalue weighted by Crippen LogP contribution is 2.44. The van der Waals surface area contributed by atoms with Gasteiger partial charge in [0.2, 0.25) is 5.91 Å². The van der Waals surface area contributed by atoms with E-state index in [-0.39, 0.29) is 11.8 Å². The van der Waals surface area contributed by atoms with Gasteiger partial charge in [-0.25, -0.2) is 0 Å². The Bertz CT molecular complexity index is 1160. The van der Waals surface area contributed by atoms with E-state index >= 15 is 0 Å². The van der Waals surface area contributed by atoms with E-state index in [0.717, 1.165) is 42.5 Å². The summed E-state index contributed by atoms with van der Waals surface area (Å²) >= 11 is 4.72. The number of β-amino-alcohol motifs (C(OH)–C–C–N with tert-alkyl or cyclic N) is 1. The van der Waals surface area contributed by atoms with E-state index < -0.39 is 10.3 Å². The average molecular weight is 487 g/mol. The first kappa shape index (κ1) is 24.1. The van der Waals surface area contributed by atoms with Crippen LogP contribution in [-0.4, -0.2) is 35.5 Å². The van der Waals surface area contributed by atoms with Gasteiger partial charge >= 0.3 is 0 Å². The zero-order chi connectivity index (χ0) is 24.6. The number of rotatable bonds is 7.